The second-order valence-electron chi connectivity index (χ2n) is 24.4. The summed E-state index contributed by atoms with van der Waals surface area (Å²) in [5.74, 6) is -0.108. The Balaban J connectivity index is 0.000000155. The molecule has 17 heteroatoms. The maximum Gasteiger partial charge on any atom is 0.306 e. The molecule has 9 aromatic rings. The van der Waals surface area contributed by atoms with Gasteiger partial charge in [0.2, 0.25) is 0 Å². The van der Waals surface area contributed by atoms with Gasteiger partial charge < -0.3 is 33.1 Å². The van der Waals surface area contributed by atoms with Gasteiger partial charge in [0, 0.05) is 178 Å². The van der Waals surface area contributed by atoms with E-state index >= 15 is 0 Å². The molecule has 3 aliphatic heterocycles. The van der Waals surface area contributed by atoms with Crippen molar-refractivity contribution < 1.29 is 26.4 Å². The van der Waals surface area contributed by atoms with Crippen LogP contribution in [-0.4, -0.2) is 119 Å². The van der Waals surface area contributed by atoms with Crippen molar-refractivity contribution in [2.75, 3.05) is 53.3 Å². The molecule has 3 aliphatic rings. The van der Waals surface area contributed by atoms with E-state index in [2.05, 4.69) is 147 Å². The SMILES string of the molecule is C.CCCCCCC(=O)OC(Cn1c2c(c3cc(C)ccc31)CN(C)CC2)c1ccncc1.Cc1ccc2c(c1)c1c(n2CC(c2cccnc2)S(C)(=O)=O)CCN(C)C1.Cc1ccc2c(c1)c1c(n2CC(c2ccncc2)S(C)(=O)=O)CCN(C)C1. The molecule has 0 N–H and O–H groups in total. The Labute approximate surface area is 516 Å². The Morgan fingerprint density at radius 3 is 1.33 bits per heavy atom. The number of aromatic nitrogens is 6. The monoisotopic (exact) mass is 1220 g/mol. The predicted molar refractivity (Wildman–Crippen MR) is 352 cm³/mol. The molecular weight excluding hydrogens is 1130 g/mol. The number of hydrogen-bond acceptors (Lipinski definition) is 12. The van der Waals surface area contributed by atoms with E-state index in [-0.39, 0.29) is 19.5 Å². The minimum absolute atomic E-state index is 0. The number of likely N-dealkylation sites (N-methyl/N-ethyl adjacent to an activating group) is 3. The van der Waals surface area contributed by atoms with Crippen LogP contribution in [0.15, 0.2) is 128 Å². The lowest BCUT2D eigenvalue weighted by molar-refractivity contribution is -0.150. The van der Waals surface area contributed by atoms with E-state index in [1.807, 2.05) is 30.3 Å². The Morgan fingerprint density at radius 2 is 0.931 bits per heavy atom. The zero-order valence-electron chi connectivity index (χ0n) is 51.7. The van der Waals surface area contributed by atoms with Gasteiger partial charge in [-0.1, -0.05) is 74.6 Å². The van der Waals surface area contributed by atoms with Crippen molar-refractivity contribution >= 4 is 58.4 Å². The van der Waals surface area contributed by atoms with Crippen LogP contribution in [0.2, 0.25) is 0 Å². The number of hydrogen-bond donors (Lipinski definition) is 0. The fraction of sp³-hybridized carbons (Fsp3) is 0.429. The first-order chi connectivity index (χ1) is 41.2. The van der Waals surface area contributed by atoms with Gasteiger partial charge in [0.1, 0.15) is 16.6 Å². The van der Waals surface area contributed by atoms with E-state index in [4.69, 9.17) is 4.74 Å². The number of aryl methyl sites for hydroxylation is 3. The van der Waals surface area contributed by atoms with Gasteiger partial charge in [0.25, 0.3) is 0 Å². The Bertz CT molecular complexity index is 3890. The standard InChI is InChI=1S/C27H35N3O2.2C21H25N3O2S.CH4/c1-4-5-6-7-8-27(31)32-26(21-11-14-28-15-12-21)19-30-24-10-9-20(2)17-22(24)23-18-29(3)16-13-25(23)30;1-15-4-5-19-17(12-15)18-13-23(2)11-8-20(18)24(19)14-21(27(3,25)26)16-6-9-22-10-7-16;1-15-6-7-19-17(11-15)18-13-23(2)10-8-20(18)24(19)14-21(27(3,25)26)16-5-4-9-22-12-16;/h9-12,14-15,17,26H,4-8,13,16,18-19H2,1-3H3;4-7,9-10,12,21H,8,11,13-14H2,1-3H3;4-7,9,11-12,21H,8,10,13-14H2,1-3H3;1H4. The summed E-state index contributed by atoms with van der Waals surface area (Å²) in [4.78, 5) is 32.1. The first-order valence-corrected chi connectivity index (χ1v) is 34.3. The summed E-state index contributed by atoms with van der Waals surface area (Å²) >= 11 is 0. The first-order valence-electron chi connectivity index (χ1n) is 30.4. The lowest BCUT2D eigenvalue weighted by Crippen LogP contribution is -2.28. The highest BCUT2D eigenvalue weighted by atomic mass is 32.2. The average molecular weight is 1220 g/mol. The normalized spacial score (nSPS) is 15.7. The van der Waals surface area contributed by atoms with Crippen LogP contribution < -0.4 is 0 Å². The molecule has 0 bridgehead atoms. The molecule has 12 rings (SSSR count). The van der Waals surface area contributed by atoms with Crippen molar-refractivity contribution in [1.82, 2.24) is 43.4 Å². The molecule has 0 amide bonds. The summed E-state index contributed by atoms with van der Waals surface area (Å²) < 4.78 is 63.4. The molecule has 3 atom stereocenters. The number of unbranched alkanes of at least 4 members (excludes halogenated alkanes) is 3. The first kappa shape index (κ1) is 64.5. The van der Waals surface area contributed by atoms with Gasteiger partial charge in [-0.05, 0) is 148 Å². The van der Waals surface area contributed by atoms with E-state index in [0.717, 1.165) is 112 Å². The summed E-state index contributed by atoms with van der Waals surface area (Å²) in [5.41, 5.74) is 17.8. The molecule has 462 valence electrons. The summed E-state index contributed by atoms with van der Waals surface area (Å²) in [6.45, 7) is 15.8. The highest BCUT2D eigenvalue weighted by Gasteiger charge is 2.32. The van der Waals surface area contributed by atoms with Gasteiger partial charge in [-0.2, -0.15) is 0 Å². The van der Waals surface area contributed by atoms with Crippen molar-refractivity contribution in [2.24, 2.45) is 0 Å². The van der Waals surface area contributed by atoms with Gasteiger partial charge in [0.15, 0.2) is 19.7 Å². The molecule has 0 saturated heterocycles. The van der Waals surface area contributed by atoms with Crippen molar-refractivity contribution in [2.45, 2.75) is 142 Å². The largest absolute Gasteiger partial charge is 0.456 e. The molecule has 0 radical (unpaired) electrons. The van der Waals surface area contributed by atoms with Crippen molar-refractivity contribution in [3.63, 3.8) is 0 Å². The van der Waals surface area contributed by atoms with Gasteiger partial charge in [-0.25, -0.2) is 16.8 Å². The van der Waals surface area contributed by atoms with Gasteiger partial charge in [0.05, 0.1) is 6.54 Å². The maximum absolute atomic E-state index is 12.7. The number of ether oxygens (including phenoxy) is 1. The Morgan fingerprint density at radius 1 is 0.517 bits per heavy atom. The average Bonchev–Trinajstić information content (AvgIpc) is 1.69. The molecule has 9 heterocycles. The molecule has 87 heavy (non-hydrogen) atoms. The highest BCUT2D eigenvalue weighted by molar-refractivity contribution is 7.91. The highest BCUT2D eigenvalue weighted by Crippen LogP contribution is 2.38. The Hall–Kier alpha value is -7.02. The van der Waals surface area contributed by atoms with Crippen LogP contribution >= 0.6 is 0 Å². The van der Waals surface area contributed by atoms with Crippen LogP contribution in [0.5, 0.6) is 0 Å². The molecule has 0 fully saturated rings. The second-order valence-corrected chi connectivity index (χ2v) is 28.9. The maximum atomic E-state index is 12.7. The van der Waals surface area contributed by atoms with Crippen molar-refractivity contribution in [3.05, 3.63) is 195 Å². The summed E-state index contributed by atoms with van der Waals surface area (Å²) in [5, 5.41) is 2.63. The lowest BCUT2D eigenvalue weighted by atomic mass is 10.0. The minimum Gasteiger partial charge on any atom is -0.456 e. The Kier molecular flexibility index (Phi) is 20.7. The van der Waals surface area contributed by atoms with Crippen LogP contribution in [0.25, 0.3) is 32.7 Å². The van der Waals surface area contributed by atoms with Crippen molar-refractivity contribution in [3.8, 4) is 0 Å². The smallest absolute Gasteiger partial charge is 0.306 e. The van der Waals surface area contributed by atoms with E-state index in [1.54, 1.807) is 43.2 Å². The predicted octanol–water partition coefficient (Wildman–Crippen LogP) is 12.5. The quantitative estimate of drug-likeness (QED) is 0.0629. The number of pyridine rings is 3. The van der Waals surface area contributed by atoms with Gasteiger partial charge in [-0.15, -0.1) is 0 Å². The summed E-state index contributed by atoms with van der Waals surface area (Å²) in [7, 11) is -0.0912. The number of carbonyl (C=O) groups is 1. The number of carbonyl (C=O) groups excluding carboxylic acids is 1. The minimum atomic E-state index is -3.28. The molecule has 0 aliphatic carbocycles. The van der Waals surface area contributed by atoms with E-state index in [9.17, 15) is 21.6 Å². The third-order valence-corrected chi connectivity index (χ3v) is 20.5. The number of benzene rings is 3. The fourth-order valence-electron chi connectivity index (χ4n) is 13.0. The molecule has 6 aromatic heterocycles. The lowest BCUT2D eigenvalue weighted by Gasteiger charge is -2.26. The van der Waals surface area contributed by atoms with E-state index in [0.29, 0.717) is 26.1 Å². The molecular formula is C70H89N9O6S2. The van der Waals surface area contributed by atoms with Gasteiger partial charge in [-0.3, -0.25) is 19.7 Å². The third-order valence-electron chi connectivity index (χ3n) is 17.6. The van der Waals surface area contributed by atoms with Crippen LogP contribution in [0.1, 0.15) is 130 Å². The van der Waals surface area contributed by atoms with Gasteiger partial charge >= 0.3 is 5.97 Å². The molecule has 3 unspecified atom stereocenters. The number of nitrogens with zero attached hydrogens (tertiary/aromatic N) is 9. The molecule has 0 spiro atoms. The zero-order valence-corrected chi connectivity index (χ0v) is 53.3. The number of sulfone groups is 2. The summed E-state index contributed by atoms with van der Waals surface area (Å²) in [6, 6.07) is 30.8. The zero-order chi connectivity index (χ0) is 60.9. The molecule has 0 saturated carbocycles. The molecule has 15 nitrogen and oxygen atoms in total. The van der Waals surface area contributed by atoms with E-state index in [1.165, 1.54) is 84.6 Å². The van der Waals surface area contributed by atoms with Crippen LogP contribution in [0.4, 0.5) is 0 Å². The topological polar surface area (TPSA) is 158 Å². The fourth-order valence-corrected chi connectivity index (χ4v) is 15.2. The number of esters is 1. The van der Waals surface area contributed by atoms with E-state index < -0.39 is 30.2 Å². The number of fused-ring (bicyclic) bond motifs is 9. The summed E-state index contributed by atoms with van der Waals surface area (Å²) in [6.07, 6.45) is 20.2. The van der Waals surface area contributed by atoms with Crippen LogP contribution in [0, 0.1) is 20.8 Å². The molecule has 3 aromatic carbocycles. The number of rotatable bonds is 17. The third kappa shape index (κ3) is 14.9. The van der Waals surface area contributed by atoms with Crippen molar-refractivity contribution in [1.29, 1.82) is 0 Å². The van der Waals surface area contributed by atoms with Crippen LogP contribution in [-0.2, 0) is 87.7 Å². The van der Waals surface area contributed by atoms with Crippen LogP contribution in [0.3, 0.4) is 0 Å². The second kappa shape index (κ2) is 28.0.